The molecule has 19 heavy (non-hydrogen) atoms. The molecular weight excluding hydrogens is 246 g/mol. The fraction of sp³-hybridized carbons (Fsp3) is 0.429. The Hall–Kier alpha value is -2.04. The van der Waals surface area contributed by atoms with Gasteiger partial charge in [-0.1, -0.05) is 29.8 Å². The summed E-state index contributed by atoms with van der Waals surface area (Å²) in [5.74, 6) is -0.0561. The van der Waals surface area contributed by atoms with Gasteiger partial charge in [-0.25, -0.2) is 4.79 Å². The van der Waals surface area contributed by atoms with Gasteiger partial charge >= 0.3 is 12.1 Å². The molecule has 2 atom stereocenters. The summed E-state index contributed by atoms with van der Waals surface area (Å²) in [6.45, 7) is 2.09. The van der Waals surface area contributed by atoms with Crippen LogP contribution in [0.1, 0.15) is 23.5 Å². The fourth-order valence-corrected chi connectivity index (χ4v) is 2.12. The van der Waals surface area contributed by atoms with Crippen molar-refractivity contribution in [1.29, 1.82) is 0 Å². The molecule has 0 bridgehead atoms. The van der Waals surface area contributed by atoms with Crippen LogP contribution in [-0.2, 0) is 14.3 Å². The normalized spacial score (nSPS) is 20.7. The molecule has 2 rings (SSSR count). The Balaban J connectivity index is 1.76. The second-order valence-electron chi connectivity index (χ2n) is 4.70. The summed E-state index contributed by atoms with van der Waals surface area (Å²) in [6, 6.07) is 8.14. The summed E-state index contributed by atoms with van der Waals surface area (Å²) in [7, 11) is 0. The van der Waals surface area contributed by atoms with Crippen LogP contribution in [0.25, 0.3) is 0 Å². The van der Waals surface area contributed by atoms with Gasteiger partial charge in [-0.2, -0.15) is 0 Å². The van der Waals surface area contributed by atoms with Crippen molar-refractivity contribution in [3.8, 4) is 0 Å². The molecule has 0 radical (unpaired) electrons. The highest BCUT2D eigenvalue weighted by atomic mass is 16.6. The Bertz CT molecular complexity index is 486. The molecule has 0 unspecified atom stereocenters. The zero-order valence-corrected chi connectivity index (χ0v) is 10.8. The lowest BCUT2D eigenvalue weighted by Gasteiger charge is -2.05. The Kier molecular flexibility index (Phi) is 4.04. The van der Waals surface area contributed by atoms with Crippen LogP contribution in [0.15, 0.2) is 24.3 Å². The first kappa shape index (κ1) is 13.4. The number of rotatable bonds is 5. The number of aryl methyl sites for hydroxylation is 1. The van der Waals surface area contributed by atoms with Crippen molar-refractivity contribution in [3.05, 3.63) is 35.4 Å². The first-order valence-corrected chi connectivity index (χ1v) is 6.23. The standard InChI is InChI=1S/C14H17NO4/c1-9-3-2-4-10(7-9)11-8-12(11)13(16)18-5-6-19-14(15)17/h2-4,7,11-12H,5-6,8H2,1H3,(H2,15,17)/t11-,12+/m0/s1. The van der Waals surface area contributed by atoms with E-state index in [2.05, 4.69) is 10.8 Å². The molecule has 1 aliphatic rings. The van der Waals surface area contributed by atoms with E-state index >= 15 is 0 Å². The number of ether oxygens (including phenoxy) is 2. The van der Waals surface area contributed by atoms with Crippen LogP contribution in [0.3, 0.4) is 0 Å². The molecule has 5 nitrogen and oxygen atoms in total. The average Bonchev–Trinajstić information content (AvgIpc) is 3.14. The maximum Gasteiger partial charge on any atom is 0.404 e. The molecular formula is C14H17NO4. The molecule has 0 spiro atoms. The number of nitrogens with two attached hydrogens (primary N) is 1. The number of carbonyl (C=O) groups is 2. The highest BCUT2D eigenvalue weighted by Gasteiger charge is 2.45. The molecule has 1 aromatic rings. The lowest BCUT2D eigenvalue weighted by Crippen LogP contribution is -2.18. The smallest absolute Gasteiger partial charge is 0.404 e. The summed E-state index contributed by atoms with van der Waals surface area (Å²) < 4.78 is 9.51. The third kappa shape index (κ3) is 3.71. The van der Waals surface area contributed by atoms with Crippen LogP contribution in [0.4, 0.5) is 4.79 Å². The van der Waals surface area contributed by atoms with Crippen molar-refractivity contribution >= 4 is 12.1 Å². The number of hydrogen-bond donors (Lipinski definition) is 1. The van der Waals surface area contributed by atoms with E-state index in [0.29, 0.717) is 0 Å². The molecule has 0 aliphatic heterocycles. The number of carbonyl (C=O) groups excluding carboxylic acids is 2. The van der Waals surface area contributed by atoms with Crippen molar-refractivity contribution in [3.63, 3.8) is 0 Å². The van der Waals surface area contributed by atoms with E-state index in [9.17, 15) is 9.59 Å². The average molecular weight is 263 g/mol. The molecule has 1 aliphatic carbocycles. The SMILES string of the molecule is Cc1cccc([C@@H]2C[C@H]2C(=O)OCCOC(N)=O)c1. The summed E-state index contributed by atoms with van der Waals surface area (Å²) in [5.41, 5.74) is 7.15. The number of benzene rings is 1. The zero-order valence-electron chi connectivity index (χ0n) is 10.8. The number of amides is 1. The van der Waals surface area contributed by atoms with Gasteiger partial charge in [-0.3, -0.25) is 4.79 Å². The van der Waals surface area contributed by atoms with Crippen LogP contribution in [0, 0.1) is 12.8 Å². The molecule has 0 saturated heterocycles. The van der Waals surface area contributed by atoms with E-state index in [1.807, 2.05) is 25.1 Å². The van der Waals surface area contributed by atoms with Gasteiger partial charge in [0, 0.05) is 0 Å². The molecule has 1 fully saturated rings. The molecule has 1 aromatic carbocycles. The van der Waals surface area contributed by atoms with Crippen molar-refractivity contribution in [2.24, 2.45) is 11.7 Å². The van der Waals surface area contributed by atoms with Crippen LogP contribution < -0.4 is 5.73 Å². The molecule has 1 saturated carbocycles. The Morgan fingerprint density at radius 2 is 2.05 bits per heavy atom. The van der Waals surface area contributed by atoms with E-state index in [4.69, 9.17) is 10.5 Å². The third-order valence-electron chi connectivity index (χ3n) is 3.14. The van der Waals surface area contributed by atoms with Crippen molar-refractivity contribution in [2.45, 2.75) is 19.3 Å². The van der Waals surface area contributed by atoms with Crippen LogP contribution in [0.2, 0.25) is 0 Å². The maximum absolute atomic E-state index is 11.7. The van der Waals surface area contributed by atoms with E-state index in [1.165, 1.54) is 11.1 Å². The van der Waals surface area contributed by atoms with Crippen molar-refractivity contribution in [1.82, 2.24) is 0 Å². The van der Waals surface area contributed by atoms with Gasteiger partial charge in [-0.05, 0) is 24.8 Å². The lowest BCUT2D eigenvalue weighted by atomic mass is 10.1. The van der Waals surface area contributed by atoms with E-state index in [-0.39, 0.29) is 31.0 Å². The van der Waals surface area contributed by atoms with Crippen LogP contribution in [-0.4, -0.2) is 25.3 Å². The number of primary amides is 1. The molecule has 102 valence electrons. The highest BCUT2D eigenvalue weighted by Crippen LogP contribution is 2.48. The van der Waals surface area contributed by atoms with Gasteiger partial charge in [0.2, 0.25) is 0 Å². The second-order valence-corrected chi connectivity index (χ2v) is 4.70. The molecule has 5 heteroatoms. The van der Waals surface area contributed by atoms with Crippen molar-refractivity contribution < 1.29 is 19.1 Å². The summed E-state index contributed by atoms with van der Waals surface area (Å²) in [4.78, 5) is 22.0. The van der Waals surface area contributed by atoms with Gasteiger partial charge in [0.05, 0.1) is 5.92 Å². The highest BCUT2D eigenvalue weighted by molar-refractivity contribution is 5.77. The number of esters is 1. The fourth-order valence-electron chi connectivity index (χ4n) is 2.12. The molecule has 0 heterocycles. The Morgan fingerprint density at radius 1 is 1.32 bits per heavy atom. The van der Waals surface area contributed by atoms with E-state index < -0.39 is 6.09 Å². The van der Waals surface area contributed by atoms with Gasteiger partial charge in [-0.15, -0.1) is 0 Å². The summed E-state index contributed by atoms with van der Waals surface area (Å²) in [6.07, 6.45) is -0.0426. The summed E-state index contributed by atoms with van der Waals surface area (Å²) in [5, 5.41) is 0. The monoisotopic (exact) mass is 263 g/mol. The Labute approximate surface area is 111 Å². The zero-order chi connectivity index (χ0) is 13.8. The van der Waals surface area contributed by atoms with Gasteiger partial charge in [0.1, 0.15) is 13.2 Å². The van der Waals surface area contributed by atoms with Crippen molar-refractivity contribution in [2.75, 3.05) is 13.2 Å². The predicted molar refractivity (Wildman–Crippen MR) is 68.5 cm³/mol. The van der Waals surface area contributed by atoms with Gasteiger partial charge in [0.15, 0.2) is 0 Å². The van der Waals surface area contributed by atoms with Crippen LogP contribution in [0.5, 0.6) is 0 Å². The quantitative estimate of drug-likeness (QED) is 0.648. The third-order valence-corrected chi connectivity index (χ3v) is 3.14. The maximum atomic E-state index is 11.7. The molecule has 2 N–H and O–H groups in total. The predicted octanol–water partition coefficient (Wildman–Crippen LogP) is 1.74. The van der Waals surface area contributed by atoms with Gasteiger partial charge in [0.25, 0.3) is 0 Å². The molecule has 0 aromatic heterocycles. The molecule has 1 amide bonds. The first-order chi connectivity index (χ1) is 9.08. The van der Waals surface area contributed by atoms with E-state index in [1.54, 1.807) is 0 Å². The first-order valence-electron chi connectivity index (χ1n) is 6.23. The topological polar surface area (TPSA) is 78.6 Å². The van der Waals surface area contributed by atoms with E-state index in [0.717, 1.165) is 6.42 Å². The lowest BCUT2D eigenvalue weighted by molar-refractivity contribution is -0.146. The minimum atomic E-state index is -0.861. The number of hydrogen-bond acceptors (Lipinski definition) is 4. The minimum absolute atomic E-state index is 0.00288. The second kappa shape index (κ2) is 5.73. The summed E-state index contributed by atoms with van der Waals surface area (Å²) >= 11 is 0. The largest absolute Gasteiger partial charge is 0.462 e. The van der Waals surface area contributed by atoms with Gasteiger partial charge < -0.3 is 15.2 Å². The minimum Gasteiger partial charge on any atom is -0.462 e. The van der Waals surface area contributed by atoms with Crippen LogP contribution >= 0.6 is 0 Å². The Morgan fingerprint density at radius 3 is 2.74 bits per heavy atom.